The third-order valence-electron chi connectivity index (χ3n) is 11.1. The van der Waals surface area contributed by atoms with E-state index in [1.54, 1.807) is 6.08 Å². The molecule has 3 saturated carbocycles. The molecule has 7 rings (SSSR count). The van der Waals surface area contributed by atoms with E-state index >= 15 is 0 Å². The number of alkyl carbamates (subject to hydrolysis) is 1. The largest absolute Gasteiger partial charge is 0.497 e. The van der Waals surface area contributed by atoms with Crippen LogP contribution in [0.15, 0.2) is 30.4 Å². The van der Waals surface area contributed by atoms with E-state index in [4.69, 9.17) is 14.2 Å². The lowest BCUT2D eigenvalue weighted by atomic mass is 10.0. The van der Waals surface area contributed by atoms with Crippen LogP contribution in [0, 0.1) is 5.92 Å². The molecule has 15 nitrogen and oxygen atoms in total. The molecule has 1 saturated heterocycles. The van der Waals surface area contributed by atoms with Gasteiger partial charge in [-0.25, -0.2) is 23.2 Å². The summed E-state index contributed by atoms with van der Waals surface area (Å²) < 4.78 is 87.5. The highest BCUT2D eigenvalue weighted by Crippen LogP contribution is 2.46. The summed E-state index contributed by atoms with van der Waals surface area (Å²) in [7, 11) is -2.61. The lowest BCUT2D eigenvalue weighted by Crippen LogP contribution is -2.58. The predicted molar refractivity (Wildman–Crippen MR) is 193 cm³/mol. The summed E-state index contributed by atoms with van der Waals surface area (Å²) in [6, 6.07) is 1.59. The van der Waals surface area contributed by atoms with Gasteiger partial charge in [0.15, 0.2) is 0 Å². The number of methoxy groups -OCH3 is 1. The Balaban J connectivity index is 1.20. The number of hydrogen-bond donors (Lipinski definition) is 3. The number of hydrogen-bond acceptors (Lipinski definition) is 11. The van der Waals surface area contributed by atoms with Gasteiger partial charge in [0.25, 0.3) is 5.91 Å². The molecule has 2 aliphatic heterocycles. The topological polar surface area (TPSA) is 195 Å². The number of halogens is 3. The number of alkyl halides is 3. The van der Waals surface area contributed by atoms with Crippen LogP contribution in [0.4, 0.5) is 18.0 Å². The van der Waals surface area contributed by atoms with Gasteiger partial charge in [0.2, 0.25) is 33.4 Å². The van der Waals surface area contributed by atoms with Gasteiger partial charge in [-0.3, -0.25) is 19.1 Å². The maximum absolute atomic E-state index is 14.5. The molecule has 19 heteroatoms. The average molecular weight is 807 g/mol. The Bertz CT molecular complexity index is 2010. The maximum atomic E-state index is 14.5. The molecule has 3 N–H and O–H groups in total. The first-order chi connectivity index (χ1) is 26.7. The standard InChI is InChI=1S/C37H45F3N6O9S/c1-53-23-13-16-26-28(17-23)42-32(30(41-26)37(38,39)40)54-24-18-29-31(47)44-36(34(49)45-56(51,52)25-14-15-25)19-21(36)9-5-3-2-4-6-12-27(33(48)46(29)20-24)43-35(50)55-22-10-7-8-11-22/h5,9,13,16-17,21-22,24-25,27,29H,2-4,6-8,10-12,14-15,18-20H2,1H3,(H,43,50)(H,44,47)(H,45,49)/b9-5-/t21-,24-,27+,29+,36-/m1/s1. The van der Waals surface area contributed by atoms with Gasteiger partial charge in [0, 0.05) is 18.4 Å². The number of nitrogens with one attached hydrogen (secondary N) is 3. The highest BCUT2D eigenvalue weighted by Gasteiger charge is 2.62. The fraction of sp³-hybridized carbons (Fsp3) is 0.622. The number of allylic oxidation sites excluding steroid dienone is 1. The van der Waals surface area contributed by atoms with E-state index in [1.807, 2.05) is 6.08 Å². The average Bonchev–Trinajstić information content (AvgIpc) is 4.02. The van der Waals surface area contributed by atoms with Crippen LogP contribution in [0.2, 0.25) is 0 Å². The van der Waals surface area contributed by atoms with Gasteiger partial charge in [0.05, 0.1) is 29.9 Å². The normalized spacial score (nSPS) is 28.2. The molecule has 3 heterocycles. The van der Waals surface area contributed by atoms with Crippen molar-refractivity contribution in [2.75, 3.05) is 13.7 Å². The Kier molecular flexibility index (Phi) is 11.1. The molecule has 5 aliphatic rings. The first-order valence-electron chi connectivity index (χ1n) is 19.1. The highest BCUT2D eigenvalue weighted by atomic mass is 32.2. The molecule has 0 unspecified atom stereocenters. The van der Waals surface area contributed by atoms with Crippen LogP contribution in [0.5, 0.6) is 11.6 Å². The van der Waals surface area contributed by atoms with Crippen molar-refractivity contribution < 1.29 is 55.0 Å². The molecule has 1 aromatic heterocycles. The number of sulfonamides is 1. The van der Waals surface area contributed by atoms with Crippen LogP contribution in [0.3, 0.4) is 0 Å². The van der Waals surface area contributed by atoms with Crippen molar-refractivity contribution in [2.45, 2.75) is 125 Å². The summed E-state index contributed by atoms with van der Waals surface area (Å²) in [6.45, 7) is -0.388. The second-order valence-corrected chi connectivity index (χ2v) is 17.2. The minimum Gasteiger partial charge on any atom is -0.497 e. The van der Waals surface area contributed by atoms with E-state index in [0.717, 1.165) is 17.7 Å². The fourth-order valence-corrected chi connectivity index (χ4v) is 9.11. The Labute approximate surface area is 321 Å². The minimum absolute atomic E-state index is 0.0426. The Hall–Kier alpha value is -4.68. The van der Waals surface area contributed by atoms with Crippen LogP contribution < -0.4 is 24.8 Å². The summed E-state index contributed by atoms with van der Waals surface area (Å²) in [5.74, 6) is -3.56. The van der Waals surface area contributed by atoms with Crippen molar-refractivity contribution in [3.05, 3.63) is 36.0 Å². The zero-order chi connectivity index (χ0) is 39.8. The Morgan fingerprint density at radius 3 is 2.45 bits per heavy atom. The summed E-state index contributed by atoms with van der Waals surface area (Å²) in [6.07, 6.45) is 2.76. The SMILES string of the molecule is COc1ccc2nc(C(F)(F)F)c(O[C@@H]3C[C@H]4C(=O)N[C@]5(C(=O)NS(=O)(=O)C6CC6)C[C@H]5/C=C\CCCCC[C@H](NC(=O)OC5CCCC5)C(=O)N4C3)nc2c1. The van der Waals surface area contributed by atoms with Crippen molar-refractivity contribution in [1.82, 2.24) is 30.2 Å². The quantitative estimate of drug-likeness (QED) is 0.326. The lowest BCUT2D eigenvalue weighted by molar-refractivity contribution is -0.143. The number of nitrogens with zero attached hydrogens (tertiary/aromatic N) is 3. The number of fused-ring (bicyclic) bond motifs is 3. The molecule has 4 amide bonds. The van der Waals surface area contributed by atoms with Gasteiger partial charge >= 0.3 is 12.3 Å². The minimum atomic E-state index is -4.99. The third kappa shape index (κ3) is 8.66. The second-order valence-electron chi connectivity index (χ2n) is 15.2. The van der Waals surface area contributed by atoms with E-state index < -0.39 is 86.5 Å². The molecule has 56 heavy (non-hydrogen) atoms. The van der Waals surface area contributed by atoms with Crippen LogP contribution in [-0.2, 0) is 35.3 Å². The van der Waals surface area contributed by atoms with Crippen molar-refractivity contribution in [3.8, 4) is 11.6 Å². The Morgan fingerprint density at radius 1 is 0.982 bits per heavy atom. The molecule has 0 spiro atoms. The lowest BCUT2D eigenvalue weighted by Gasteiger charge is -2.30. The van der Waals surface area contributed by atoms with E-state index in [2.05, 4.69) is 25.3 Å². The van der Waals surface area contributed by atoms with Crippen molar-refractivity contribution in [2.24, 2.45) is 5.92 Å². The first kappa shape index (κ1) is 39.6. The van der Waals surface area contributed by atoms with Crippen molar-refractivity contribution in [3.63, 3.8) is 0 Å². The molecule has 2 aromatic rings. The third-order valence-corrected chi connectivity index (χ3v) is 12.9. The molecule has 0 bridgehead atoms. The van der Waals surface area contributed by atoms with Crippen molar-refractivity contribution >= 4 is 44.9 Å². The van der Waals surface area contributed by atoms with Crippen LogP contribution in [0.1, 0.15) is 89.2 Å². The monoisotopic (exact) mass is 806 g/mol. The molecule has 1 aromatic carbocycles. The van der Waals surface area contributed by atoms with Gasteiger partial charge in [-0.15, -0.1) is 0 Å². The zero-order valence-corrected chi connectivity index (χ0v) is 31.6. The fourth-order valence-electron chi connectivity index (χ4n) is 7.75. The van der Waals surface area contributed by atoms with Crippen LogP contribution in [0.25, 0.3) is 11.0 Å². The first-order valence-corrected chi connectivity index (χ1v) is 20.6. The van der Waals surface area contributed by atoms with Gasteiger partial charge in [-0.1, -0.05) is 25.0 Å². The number of carbonyl (C=O) groups excluding carboxylic acids is 4. The van der Waals surface area contributed by atoms with Crippen LogP contribution in [-0.4, -0.2) is 95.8 Å². The van der Waals surface area contributed by atoms with Crippen molar-refractivity contribution in [1.29, 1.82) is 0 Å². The van der Waals surface area contributed by atoms with Gasteiger partial charge < -0.3 is 29.7 Å². The molecular weight excluding hydrogens is 762 g/mol. The number of carbonyl (C=O) groups is 4. The number of aromatic nitrogens is 2. The second kappa shape index (κ2) is 15.7. The summed E-state index contributed by atoms with van der Waals surface area (Å²) in [4.78, 5) is 64.5. The summed E-state index contributed by atoms with van der Waals surface area (Å²) in [5, 5.41) is 4.69. The summed E-state index contributed by atoms with van der Waals surface area (Å²) in [5.41, 5.74) is -3.10. The summed E-state index contributed by atoms with van der Waals surface area (Å²) >= 11 is 0. The number of amides is 4. The van der Waals surface area contributed by atoms with Gasteiger partial charge in [-0.05, 0) is 76.3 Å². The number of rotatable bonds is 8. The smallest absolute Gasteiger partial charge is 0.438 e. The maximum Gasteiger partial charge on any atom is 0.438 e. The molecule has 304 valence electrons. The van der Waals surface area contributed by atoms with Gasteiger partial charge in [-0.2, -0.15) is 13.2 Å². The highest BCUT2D eigenvalue weighted by molar-refractivity contribution is 7.91. The molecule has 5 atom stereocenters. The Morgan fingerprint density at radius 2 is 1.73 bits per heavy atom. The molecule has 0 radical (unpaired) electrons. The molecule has 3 aliphatic carbocycles. The predicted octanol–water partition coefficient (Wildman–Crippen LogP) is 4.05. The van der Waals surface area contributed by atoms with E-state index in [0.29, 0.717) is 57.1 Å². The number of ether oxygens (including phenoxy) is 3. The molecular formula is C37H45F3N6O9S. The van der Waals surface area contributed by atoms with Gasteiger partial charge in [0.1, 0.15) is 35.6 Å². The van der Waals surface area contributed by atoms with E-state index in [-0.39, 0.29) is 42.9 Å². The van der Waals surface area contributed by atoms with E-state index in [1.165, 1.54) is 25.3 Å². The molecule has 4 fully saturated rings. The number of benzene rings is 1. The zero-order valence-electron chi connectivity index (χ0n) is 30.8. The van der Waals surface area contributed by atoms with E-state index in [9.17, 15) is 40.8 Å². The van der Waals surface area contributed by atoms with Crippen LogP contribution >= 0.6 is 0 Å².